The normalized spacial score (nSPS) is 21.6. The van der Waals surface area contributed by atoms with E-state index in [0.29, 0.717) is 36.9 Å². The number of hydrogen-bond donors (Lipinski definition) is 1. The molecule has 1 saturated heterocycles. The molecule has 0 spiro atoms. The highest BCUT2D eigenvalue weighted by molar-refractivity contribution is 5.95. The zero-order valence-electron chi connectivity index (χ0n) is 16.7. The fourth-order valence-corrected chi connectivity index (χ4v) is 4.04. The van der Waals surface area contributed by atoms with Gasteiger partial charge in [0.15, 0.2) is 5.82 Å². The molecule has 2 aromatic heterocycles. The third-order valence-electron chi connectivity index (χ3n) is 5.85. The summed E-state index contributed by atoms with van der Waals surface area (Å²) in [5.41, 5.74) is 1.20. The second kappa shape index (κ2) is 7.51. The maximum atomic E-state index is 13.2. The molecule has 154 valence electrons. The van der Waals surface area contributed by atoms with Gasteiger partial charge in [-0.2, -0.15) is 4.98 Å². The standard InChI is InChI=1S/C22H23N5O3/c1-13-23-21(30-26-13)16-10-11-27(12-19(16)25-20(28)15-6-7-15)22(29)18-9-8-14-4-2-3-5-17(14)24-18/h2-5,8-9,15-16,19H,6-7,10-12H2,1H3,(H,25,28)/t16-,19+/m0/s1. The average molecular weight is 405 g/mol. The molecule has 1 saturated carbocycles. The number of rotatable bonds is 4. The summed E-state index contributed by atoms with van der Waals surface area (Å²) < 4.78 is 5.39. The molecule has 2 aliphatic rings. The van der Waals surface area contributed by atoms with Crippen LogP contribution in [0.25, 0.3) is 10.9 Å². The molecule has 1 aliphatic carbocycles. The summed E-state index contributed by atoms with van der Waals surface area (Å²) in [4.78, 5) is 36.3. The largest absolute Gasteiger partial charge is 0.351 e. The molecule has 2 fully saturated rings. The number of para-hydroxylation sites is 1. The van der Waals surface area contributed by atoms with Gasteiger partial charge < -0.3 is 14.7 Å². The lowest BCUT2D eigenvalue weighted by molar-refractivity contribution is -0.123. The molecule has 1 aromatic carbocycles. The SMILES string of the molecule is Cc1noc([C@H]2CCN(C(=O)c3ccc4ccccc4n3)C[C@H]2NC(=O)C2CC2)n1. The molecule has 1 aliphatic heterocycles. The van der Waals surface area contributed by atoms with E-state index in [1.165, 1.54) is 0 Å². The molecule has 30 heavy (non-hydrogen) atoms. The molecule has 2 amide bonds. The fraction of sp³-hybridized carbons (Fsp3) is 0.409. The lowest BCUT2D eigenvalue weighted by Gasteiger charge is -2.37. The number of carbonyl (C=O) groups excluding carboxylic acids is 2. The van der Waals surface area contributed by atoms with Crippen LogP contribution in [0.15, 0.2) is 40.9 Å². The van der Waals surface area contributed by atoms with E-state index in [2.05, 4.69) is 20.4 Å². The van der Waals surface area contributed by atoms with Gasteiger partial charge in [0.05, 0.1) is 17.5 Å². The number of fused-ring (bicyclic) bond motifs is 1. The van der Waals surface area contributed by atoms with Crippen LogP contribution in [0.1, 0.15) is 47.4 Å². The first-order valence-corrected chi connectivity index (χ1v) is 10.3. The van der Waals surface area contributed by atoms with Crippen LogP contribution in [0.4, 0.5) is 0 Å². The number of aromatic nitrogens is 3. The van der Waals surface area contributed by atoms with Gasteiger partial charge in [-0.3, -0.25) is 9.59 Å². The number of benzene rings is 1. The number of piperidine rings is 1. The maximum absolute atomic E-state index is 13.2. The molecule has 5 rings (SSSR count). The number of nitrogens with one attached hydrogen (secondary N) is 1. The second-order valence-electron chi connectivity index (χ2n) is 8.10. The van der Waals surface area contributed by atoms with Crippen LogP contribution >= 0.6 is 0 Å². The first kappa shape index (κ1) is 18.7. The lowest BCUT2D eigenvalue weighted by atomic mass is 9.90. The van der Waals surface area contributed by atoms with Crippen LogP contribution in [-0.4, -0.2) is 51.0 Å². The molecule has 1 N–H and O–H groups in total. The molecular weight excluding hydrogens is 382 g/mol. The van der Waals surface area contributed by atoms with Crippen LogP contribution in [0.3, 0.4) is 0 Å². The molecule has 3 aromatic rings. The summed E-state index contributed by atoms with van der Waals surface area (Å²) in [5, 5.41) is 8.01. The molecular formula is C22H23N5O3. The molecule has 2 atom stereocenters. The van der Waals surface area contributed by atoms with Gasteiger partial charge >= 0.3 is 0 Å². The molecule has 8 heteroatoms. The highest BCUT2D eigenvalue weighted by atomic mass is 16.5. The Labute approximate surface area is 173 Å². The number of likely N-dealkylation sites (tertiary alicyclic amines) is 1. The van der Waals surface area contributed by atoms with E-state index in [1.807, 2.05) is 30.3 Å². The Kier molecular flexibility index (Phi) is 4.69. The Hall–Kier alpha value is -3.29. The number of amides is 2. The van der Waals surface area contributed by atoms with E-state index in [0.717, 1.165) is 23.7 Å². The summed E-state index contributed by atoms with van der Waals surface area (Å²) in [6, 6.07) is 11.1. The number of hydrogen-bond acceptors (Lipinski definition) is 6. The predicted octanol–water partition coefficient (Wildman–Crippen LogP) is 2.45. The monoisotopic (exact) mass is 405 g/mol. The summed E-state index contributed by atoms with van der Waals surface area (Å²) in [7, 11) is 0. The molecule has 3 heterocycles. The first-order chi connectivity index (χ1) is 14.6. The van der Waals surface area contributed by atoms with Crippen molar-refractivity contribution in [3.8, 4) is 0 Å². The van der Waals surface area contributed by atoms with Crippen molar-refractivity contribution in [2.24, 2.45) is 5.92 Å². The van der Waals surface area contributed by atoms with Gasteiger partial charge in [0.2, 0.25) is 11.8 Å². The van der Waals surface area contributed by atoms with Gasteiger partial charge in [0.1, 0.15) is 5.69 Å². The van der Waals surface area contributed by atoms with E-state index < -0.39 is 0 Å². The molecule has 0 bridgehead atoms. The van der Waals surface area contributed by atoms with Gasteiger partial charge in [-0.1, -0.05) is 29.4 Å². The predicted molar refractivity (Wildman–Crippen MR) is 109 cm³/mol. The summed E-state index contributed by atoms with van der Waals surface area (Å²) in [6.07, 6.45) is 2.48. The maximum Gasteiger partial charge on any atom is 0.272 e. The first-order valence-electron chi connectivity index (χ1n) is 10.3. The van der Waals surface area contributed by atoms with Crippen molar-refractivity contribution in [2.75, 3.05) is 13.1 Å². The molecule has 0 unspecified atom stereocenters. The molecule has 0 radical (unpaired) electrons. The third kappa shape index (κ3) is 3.65. The van der Waals surface area contributed by atoms with E-state index in [9.17, 15) is 9.59 Å². The van der Waals surface area contributed by atoms with E-state index >= 15 is 0 Å². The van der Waals surface area contributed by atoms with E-state index in [1.54, 1.807) is 17.9 Å². The Balaban J connectivity index is 1.37. The minimum absolute atomic E-state index is 0.0411. The Morgan fingerprint density at radius 1 is 1.10 bits per heavy atom. The molecule has 8 nitrogen and oxygen atoms in total. The highest BCUT2D eigenvalue weighted by Gasteiger charge is 2.39. The zero-order valence-corrected chi connectivity index (χ0v) is 16.7. The number of carbonyl (C=O) groups is 2. The van der Waals surface area contributed by atoms with Crippen LogP contribution < -0.4 is 5.32 Å². The lowest BCUT2D eigenvalue weighted by Crippen LogP contribution is -2.53. The second-order valence-corrected chi connectivity index (χ2v) is 8.10. The van der Waals surface area contributed by atoms with E-state index in [4.69, 9.17) is 4.52 Å². The minimum Gasteiger partial charge on any atom is -0.351 e. The smallest absolute Gasteiger partial charge is 0.272 e. The van der Waals surface area contributed by atoms with Crippen LogP contribution in [0.5, 0.6) is 0 Å². The van der Waals surface area contributed by atoms with E-state index in [-0.39, 0.29) is 29.7 Å². The van der Waals surface area contributed by atoms with Crippen molar-refractivity contribution in [3.63, 3.8) is 0 Å². The third-order valence-corrected chi connectivity index (χ3v) is 5.85. The van der Waals surface area contributed by atoms with Crippen molar-refractivity contribution < 1.29 is 14.1 Å². The summed E-state index contributed by atoms with van der Waals surface area (Å²) in [6.45, 7) is 2.70. The van der Waals surface area contributed by atoms with Gasteiger partial charge in [0, 0.05) is 24.4 Å². The van der Waals surface area contributed by atoms with Crippen LogP contribution in [-0.2, 0) is 4.79 Å². The average Bonchev–Trinajstić information content (AvgIpc) is 3.54. The Morgan fingerprint density at radius 2 is 1.93 bits per heavy atom. The summed E-state index contributed by atoms with van der Waals surface area (Å²) >= 11 is 0. The van der Waals surface area contributed by atoms with Gasteiger partial charge in [-0.05, 0) is 38.3 Å². The van der Waals surface area contributed by atoms with Gasteiger partial charge in [0.25, 0.3) is 5.91 Å². The van der Waals surface area contributed by atoms with Crippen molar-refractivity contribution in [3.05, 3.63) is 53.8 Å². The topological polar surface area (TPSA) is 101 Å². The van der Waals surface area contributed by atoms with Crippen molar-refractivity contribution in [2.45, 2.75) is 38.1 Å². The number of aryl methyl sites for hydroxylation is 1. The number of pyridine rings is 1. The van der Waals surface area contributed by atoms with Crippen molar-refractivity contribution in [1.82, 2.24) is 25.3 Å². The fourth-order valence-electron chi connectivity index (χ4n) is 4.04. The van der Waals surface area contributed by atoms with Crippen LogP contribution in [0.2, 0.25) is 0 Å². The van der Waals surface area contributed by atoms with Crippen LogP contribution in [0, 0.1) is 12.8 Å². The van der Waals surface area contributed by atoms with Crippen molar-refractivity contribution in [1.29, 1.82) is 0 Å². The summed E-state index contributed by atoms with van der Waals surface area (Å²) in [5.74, 6) is 0.970. The van der Waals surface area contributed by atoms with Crippen molar-refractivity contribution >= 4 is 22.7 Å². The highest BCUT2D eigenvalue weighted by Crippen LogP contribution is 2.32. The zero-order chi connectivity index (χ0) is 20.7. The van der Waals surface area contributed by atoms with Gasteiger partial charge in [-0.15, -0.1) is 0 Å². The number of nitrogens with zero attached hydrogens (tertiary/aromatic N) is 4. The Bertz CT molecular complexity index is 1110. The minimum atomic E-state index is -0.267. The van der Waals surface area contributed by atoms with Gasteiger partial charge in [-0.25, -0.2) is 4.98 Å². The Morgan fingerprint density at radius 3 is 2.70 bits per heavy atom. The quantitative estimate of drug-likeness (QED) is 0.715.